The first-order chi connectivity index (χ1) is 15.8. The summed E-state index contributed by atoms with van der Waals surface area (Å²) >= 11 is 0. The van der Waals surface area contributed by atoms with Gasteiger partial charge in [0.05, 0.1) is 19.8 Å². The van der Waals surface area contributed by atoms with Gasteiger partial charge in [0.25, 0.3) is 6.29 Å². The Labute approximate surface area is 196 Å². The second-order valence-electron chi connectivity index (χ2n) is 8.57. The number of nitrogens with zero attached hydrogens (tertiary/aromatic N) is 1. The van der Waals surface area contributed by atoms with Crippen molar-refractivity contribution in [1.29, 1.82) is 0 Å². The lowest BCUT2D eigenvalue weighted by molar-refractivity contribution is -0.181. The second kappa shape index (κ2) is 13.3. The topological polar surface area (TPSA) is 95.6 Å². The normalized spacial score (nSPS) is 18.1. The summed E-state index contributed by atoms with van der Waals surface area (Å²) in [5.74, 6) is 0.686. The third kappa shape index (κ3) is 8.08. The molecule has 9 heteroatoms. The van der Waals surface area contributed by atoms with E-state index in [1.165, 1.54) is 0 Å². The summed E-state index contributed by atoms with van der Waals surface area (Å²) in [4.78, 5) is 26.9. The number of para-hydroxylation sites is 2. The summed E-state index contributed by atoms with van der Waals surface area (Å²) < 4.78 is 28.3. The molecule has 1 aliphatic heterocycles. The van der Waals surface area contributed by atoms with Gasteiger partial charge in [-0.15, -0.1) is 0 Å². The Morgan fingerprint density at radius 3 is 2.33 bits per heavy atom. The van der Waals surface area contributed by atoms with Crippen molar-refractivity contribution in [1.82, 2.24) is 10.2 Å². The van der Waals surface area contributed by atoms with Crippen LogP contribution in [0.4, 0.5) is 4.79 Å². The third-order valence-corrected chi connectivity index (χ3v) is 5.20. The number of nitrogens with one attached hydrogen (secondary N) is 1. The van der Waals surface area contributed by atoms with E-state index in [2.05, 4.69) is 5.32 Å². The number of carbonyl (C=O) groups is 2. The molecule has 0 aromatic heterocycles. The van der Waals surface area contributed by atoms with Crippen molar-refractivity contribution in [3.8, 4) is 11.5 Å². The largest absolute Gasteiger partial charge is 0.490 e. The molecule has 0 radical (unpaired) electrons. The van der Waals surface area contributed by atoms with Crippen molar-refractivity contribution in [3.05, 3.63) is 24.3 Å². The standard InChI is InChI=1S/C24H38N2O7/c1-7-29-19-10-8-9-11-20(19)31-15-18-14-26(12-13-30-18)24(28)33-23(17(4)5)32-22(27)21(25-6)16(2)3/h8-11,16-18,21,23,25H,7,12-15H2,1-6H3/t18-,21+,23?/m0/s1. The van der Waals surface area contributed by atoms with Crippen LogP contribution in [0.15, 0.2) is 24.3 Å². The quantitative estimate of drug-likeness (QED) is 0.393. The van der Waals surface area contributed by atoms with Crippen molar-refractivity contribution in [2.24, 2.45) is 11.8 Å². The van der Waals surface area contributed by atoms with Crippen LogP contribution in [0.25, 0.3) is 0 Å². The van der Waals surface area contributed by atoms with Crippen LogP contribution in [0.3, 0.4) is 0 Å². The van der Waals surface area contributed by atoms with Crippen LogP contribution in [0.1, 0.15) is 34.6 Å². The van der Waals surface area contributed by atoms with Gasteiger partial charge in [-0.1, -0.05) is 39.8 Å². The van der Waals surface area contributed by atoms with Crippen molar-refractivity contribution in [3.63, 3.8) is 0 Å². The highest BCUT2D eigenvalue weighted by molar-refractivity contribution is 5.76. The highest BCUT2D eigenvalue weighted by Crippen LogP contribution is 2.27. The fourth-order valence-corrected chi connectivity index (χ4v) is 3.39. The maximum absolute atomic E-state index is 12.8. The highest BCUT2D eigenvalue weighted by atomic mass is 16.7. The van der Waals surface area contributed by atoms with Crippen LogP contribution in [0.5, 0.6) is 11.5 Å². The number of esters is 1. The number of hydrogen-bond acceptors (Lipinski definition) is 8. The predicted molar refractivity (Wildman–Crippen MR) is 123 cm³/mol. The Kier molecular flexibility index (Phi) is 10.7. The monoisotopic (exact) mass is 466 g/mol. The summed E-state index contributed by atoms with van der Waals surface area (Å²) in [6, 6.07) is 6.94. The molecular formula is C24H38N2O7. The molecule has 33 heavy (non-hydrogen) atoms. The van der Waals surface area contributed by atoms with Crippen LogP contribution in [-0.4, -0.2) is 75.4 Å². The van der Waals surface area contributed by atoms with Crippen molar-refractivity contribution < 1.29 is 33.3 Å². The number of amides is 1. The SMILES string of the molecule is CCOc1ccccc1OC[C@@H]1CN(C(=O)OC(OC(=O)[C@H](NC)C(C)C)C(C)C)CCO1. The van der Waals surface area contributed by atoms with E-state index < -0.39 is 24.4 Å². The fourth-order valence-electron chi connectivity index (χ4n) is 3.39. The average molecular weight is 467 g/mol. The second-order valence-corrected chi connectivity index (χ2v) is 8.57. The molecule has 2 rings (SSSR count). The minimum atomic E-state index is -0.977. The third-order valence-electron chi connectivity index (χ3n) is 5.20. The molecule has 1 fully saturated rings. The smallest absolute Gasteiger partial charge is 0.413 e. The van der Waals surface area contributed by atoms with Gasteiger partial charge in [0.1, 0.15) is 18.8 Å². The van der Waals surface area contributed by atoms with E-state index in [1.807, 2.05) is 58.9 Å². The zero-order chi connectivity index (χ0) is 24.4. The Morgan fingerprint density at radius 2 is 1.76 bits per heavy atom. The molecule has 3 atom stereocenters. The van der Waals surface area contributed by atoms with Crippen LogP contribution in [0, 0.1) is 11.8 Å². The Morgan fingerprint density at radius 1 is 1.09 bits per heavy atom. The number of hydrogen-bond donors (Lipinski definition) is 1. The Bertz CT molecular complexity index is 756. The molecule has 1 aromatic rings. The molecule has 1 amide bonds. The molecule has 1 aromatic carbocycles. The first-order valence-electron chi connectivity index (χ1n) is 11.6. The van der Waals surface area contributed by atoms with Gasteiger partial charge in [-0.05, 0) is 32.0 Å². The zero-order valence-corrected chi connectivity index (χ0v) is 20.5. The Balaban J connectivity index is 1.92. The van der Waals surface area contributed by atoms with Gasteiger partial charge in [-0.25, -0.2) is 4.79 Å². The maximum Gasteiger partial charge on any atom is 0.413 e. The molecule has 1 saturated heterocycles. The zero-order valence-electron chi connectivity index (χ0n) is 20.5. The highest BCUT2D eigenvalue weighted by Gasteiger charge is 2.32. The number of carbonyl (C=O) groups excluding carboxylic acids is 2. The molecule has 1 unspecified atom stereocenters. The molecular weight excluding hydrogens is 428 g/mol. The number of benzene rings is 1. The van der Waals surface area contributed by atoms with E-state index in [0.717, 1.165) is 0 Å². The van der Waals surface area contributed by atoms with E-state index in [-0.39, 0.29) is 24.5 Å². The van der Waals surface area contributed by atoms with Crippen LogP contribution >= 0.6 is 0 Å². The van der Waals surface area contributed by atoms with E-state index in [9.17, 15) is 9.59 Å². The van der Waals surface area contributed by atoms with Crippen molar-refractivity contribution in [2.75, 3.05) is 40.0 Å². The summed E-state index contributed by atoms with van der Waals surface area (Å²) in [5.41, 5.74) is 0. The van der Waals surface area contributed by atoms with Crippen LogP contribution in [0.2, 0.25) is 0 Å². The van der Waals surface area contributed by atoms with Gasteiger partial charge in [0.2, 0.25) is 0 Å². The van der Waals surface area contributed by atoms with E-state index >= 15 is 0 Å². The van der Waals surface area contributed by atoms with Gasteiger partial charge in [0.15, 0.2) is 11.5 Å². The first kappa shape index (κ1) is 26.7. The Hall–Kier alpha value is -2.52. The summed E-state index contributed by atoms with van der Waals surface area (Å²) in [5, 5.41) is 2.94. The summed E-state index contributed by atoms with van der Waals surface area (Å²) in [6.45, 7) is 11.3. The van der Waals surface area contributed by atoms with E-state index in [0.29, 0.717) is 37.8 Å². The van der Waals surface area contributed by atoms with Gasteiger partial charge in [-0.2, -0.15) is 0 Å². The fraction of sp³-hybridized carbons (Fsp3) is 0.667. The number of likely N-dealkylation sites (N-methyl/N-ethyl adjacent to an activating group) is 1. The number of rotatable bonds is 11. The molecule has 0 aliphatic carbocycles. The minimum Gasteiger partial charge on any atom is -0.490 e. The molecule has 9 nitrogen and oxygen atoms in total. The van der Waals surface area contributed by atoms with Gasteiger partial charge in [0, 0.05) is 12.5 Å². The molecule has 0 saturated carbocycles. The lowest BCUT2D eigenvalue weighted by Crippen LogP contribution is -2.49. The van der Waals surface area contributed by atoms with E-state index in [4.69, 9.17) is 23.7 Å². The molecule has 1 heterocycles. The van der Waals surface area contributed by atoms with Gasteiger partial charge >= 0.3 is 12.1 Å². The van der Waals surface area contributed by atoms with Crippen LogP contribution < -0.4 is 14.8 Å². The first-order valence-corrected chi connectivity index (χ1v) is 11.6. The van der Waals surface area contributed by atoms with Crippen molar-refractivity contribution >= 4 is 12.1 Å². The van der Waals surface area contributed by atoms with E-state index in [1.54, 1.807) is 11.9 Å². The van der Waals surface area contributed by atoms with Crippen LogP contribution in [-0.2, 0) is 19.0 Å². The number of ether oxygens (including phenoxy) is 5. The minimum absolute atomic E-state index is 0.0406. The lowest BCUT2D eigenvalue weighted by atomic mass is 10.1. The molecule has 1 aliphatic rings. The van der Waals surface area contributed by atoms with Crippen molar-refractivity contribution in [2.45, 2.75) is 53.1 Å². The maximum atomic E-state index is 12.8. The van der Waals surface area contributed by atoms with Gasteiger partial charge in [-0.3, -0.25) is 4.79 Å². The molecule has 1 N–H and O–H groups in total. The average Bonchev–Trinajstić information content (AvgIpc) is 2.78. The summed E-state index contributed by atoms with van der Waals surface area (Å²) in [7, 11) is 1.70. The molecule has 0 spiro atoms. The predicted octanol–water partition coefficient (Wildman–Crippen LogP) is 3.07. The molecule has 186 valence electrons. The molecule has 0 bridgehead atoms. The summed E-state index contributed by atoms with van der Waals surface area (Å²) in [6.07, 6.45) is -1.85. The lowest BCUT2D eigenvalue weighted by Gasteiger charge is -2.34. The number of morpholine rings is 1. The van der Waals surface area contributed by atoms with Gasteiger partial charge < -0.3 is 33.9 Å².